The number of fused-ring (bicyclic) bond motifs is 2. The predicted octanol–water partition coefficient (Wildman–Crippen LogP) is 4.35. The van der Waals surface area contributed by atoms with Crippen LogP contribution < -0.4 is 4.74 Å². The molecule has 5 unspecified atom stereocenters. The number of carbonyl (C=O) groups is 1. The van der Waals surface area contributed by atoms with Gasteiger partial charge < -0.3 is 9.47 Å². The summed E-state index contributed by atoms with van der Waals surface area (Å²) in [5.41, 5.74) is 4.25. The molecule has 0 N–H and O–H groups in total. The molecule has 1 saturated carbocycles. The number of piperidine rings is 2. The topological polar surface area (TPSA) is 38.8 Å². The van der Waals surface area contributed by atoms with Crippen molar-refractivity contribution in [3.05, 3.63) is 65.2 Å². The van der Waals surface area contributed by atoms with Gasteiger partial charge in [0.25, 0.3) is 0 Å². The van der Waals surface area contributed by atoms with Crippen molar-refractivity contribution in [2.45, 2.75) is 57.2 Å². The van der Waals surface area contributed by atoms with Gasteiger partial charge in [-0.1, -0.05) is 43.3 Å². The van der Waals surface area contributed by atoms with Crippen molar-refractivity contribution in [1.29, 1.82) is 0 Å². The molecular weight excluding hydrogens is 374 g/mol. The number of ether oxygens (including phenoxy) is 2. The fourth-order valence-corrected chi connectivity index (χ4v) is 6.54. The minimum absolute atomic E-state index is 0.0162. The lowest BCUT2D eigenvalue weighted by atomic mass is 9.49. The van der Waals surface area contributed by atoms with Crippen LogP contribution >= 0.6 is 0 Å². The summed E-state index contributed by atoms with van der Waals surface area (Å²) in [7, 11) is 1.74. The molecule has 2 saturated heterocycles. The van der Waals surface area contributed by atoms with E-state index in [0.29, 0.717) is 18.6 Å². The van der Waals surface area contributed by atoms with Crippen LogP contribution in [0, 0.1) is 11.8 Å². The largest absolute Gasteiger partial charge is 0.497 e. The Morgan fingerprint density at radius 1 is 1.17 bits per heavy atom. The Morgan fingerprint density at radius 2 is 1.97 bits per heavy atom. The van der Waals surface area contributed by atoms with Gasteiger partial charge in [-0.3, -0.25) is 9.69 Å². The molecular formula is C26H31NO3. The molecule has 30 heavy (non-hydrogen) atoms. The number of hydrogen-bond donors (Lipinski definition) is 0. The summed E-state index contributed by atoms with van der Waals surface area (Å²) in [5, 5.41) is 0. The third-order valence-corrected chi connectivity index (χ3v) is 7.90. The van der Waals surface area contributed by atoms with Gasteiger partial charge in [0.1, 0.15) is 5.75 Å². The number of carbonyl (C=O) groups excluding carboxylic acids is 1. The van der Waals surface area contributed by atoms with Crippen LogP contribution in [0.1, 0.15) is 43.4 Å². The molecule has 0 spiro atoms. The van der Waals surface area contributed by atoms with Gasteiger partial charge in [0, 0.05) is 18.6 Å². The molecule has 4 aliphatic rings. The van der Waals surface area contributed by atoms with E-state index in [9.17, 15) is 4.79 Å². The summed E-state index contributed by atoms with van der Waals surface area (Å²) in [6.07, 6.45) is 2.95. The molecule has 2 aliphatic heterocycles. The normalized spacial score (nSPS) is 31.8. The van der Waals surface area contributed by atoms with E-state index in [1.54, 1.807) is 7.11 Å². The maximum absolute atomic E-state index is 12.9. The van der Waals surface area contributed by atoms with Crippen LogP contribution in [0.2, 0.25) is 0 Å². The van der Waals surface area contributed by atoms with E-state index in [1.807, 2.05) is 6.92 Å². The highest BCUT2D eigenvalue weighted by Gasteiger charge is 2.61. The van der Waals surface area contributed by atoms with Crippen LogP contribution in [-0.2, 0) is 27.9 Å². The molecule has 2 aromatic rings. The van der Waals surface area contributed by atoms with E-state index in [4.69, 9.17) is 9.47 Å². The van der Waals surface area contributed by atoms with Crippen molar-refractivity contribution in [3.8, 4) is 5.75 Å². The summed E-state index contributed by atoms with van der Waals surface area (Å²) >= 11 is 0. The molecule has 0 aromatic heterocycles. The average Bonchev–Trinajstić information content (AvgIpc) is 2.76. The number of esters is 1. The van der Waals surface area contributed by atoms with Crippen LogP contribution in [0.3, 0.4) is 0 Å². The summed E-state index contributed by atoms with van der Waals surface area (Å²) in [4.78, 5) is 15.5. The third kappa shape index (κ3) is 2.96. The Bertz CT molecular complexity index is 943. The average molecular weight is 406 g/mol. The van der Waals surface area contributed by atoms with Gasteiger partial charge in [-0.2, -0.15) is 0 Å². The van der Waals surface area contributed by atoms with Gasteiger partial charge >= 0.3 is 5.97 Å². The molecule has 3 fully saturated rings. The molecule has 6 rings (SSSR count). The zero-order chi connectivity index (χ0) is 20.9. The lowest BCUT2D eigenvalue weighted by molar-refractivity contribution is -0.167. The Kier molecular flexibility index (Phi) is 4.85. The number of nitrogens with zero attached hydrogens (tertiary/aromatic N) is 1. The van der Waals surface area contributed by atoms with Crippen molar-refractivity contribution < 1.29 is 14.3 Å². The van der Waals surface area contributed by atoms with Crippen LogP contribution in [0.25, 0.3) is 0 Å². The molecule has 0 amide bonds. The van der Waals surface area contributed by atoms with Gasteiger partial charge in [-0.15, -0.1) is 0 Å². The van der Waals surface area contributed by atoms with E-state index in [-0.39, 0.29) is 23.3 Å². The van der Waals surface area contributed by atoms with Crippen LogP contribution in [0.5, 0.6) is 5.75 Å². The monoisotopic (exact) mass is 405 g/mol. The molecule has 4 nitrogen and oxygen atoms in total. The number of methoxy groups -OCH3 is 1. The van der Waals surface area contributed by atoms with Crippen LogP contribution in [0.15, 0.2) is 48.5 Å². The Hall–Kier alpha value is -2.33. The summed E-state index contributed by atoms with van der Waals surface area (Å²) in [5.74, 6) is 1.32. The first-order valence-electron chi connectivity index (χ1n) is 11.2. The fraction of sp³-hybridized carbons (Fsp3) is 0.500. The minimum Gasteiger partial charge on any atom is -0.497 e. The molecule has 5 atom stereocenters. The van der Waals surface area contributed by atoms with E-state index in [0.717, 1.165) is 31.6 Å². The second-order valence-corrected chi connectivity index (χ2v) is 9.34. The number of hydrogen-bond acceptors (Lipinski definition) is 4. The molecule has 0 radical (unpaired) electrons. The maximum atomic E-state index is 12.9. The van der Waals surface area contributed by atoms with E-state index in [1.165, 1.54) is 16.7 Å². The van der Waals surface area contributed by atoms with Gasteiger partial charge in [-0.05, 0) is 66.3 Å². The zero-order valence-electron chi connectivity index (χ0n) is 18.1. The second kappa shape index (κ2) is 7.42. The standard InChI is InChI=1S/C26H31NO3/c1-4-30-25(28)20-14-22-23-12-18-10-11-19(29-3)13-21(18)26(22,2)15-24(20)27(23)16-17-8-6-5-7-9-17/h5-11,13,20,22-24H,4,12,14-16H2,1-3H3. The molecule has 158 valence electrons. The van der Waals surface area contributed by atoms with Crippen LogP contribution in [0.4, 0.5) is 0 Å². The van der Waals surface area contributed by atoms with Crippen molar-refractivity contribution in [3.63, 3.8) is 0 Å². The van der Waals surface area contributed by atoms with Gasteiger partial charge in [-0.25, -0.2) is 0 Å². The number of benzene rings is 2. The van der Waals surface area contributed by atoms with Crippen molar-refractivity contribution in [1.82, 2.24) is 4.90 Å². The highest BCUT2D eigenvalue weighted by molar-refractivity contribution is 5.74. The molecule has 2 aliphatic carbocycles. The first kappa shape index (κ1) is 19.6. The summed E-state index contributed by atoms with van der Waals surface area (Å²) < 4.78 is 11.1. The smallest absolute Gasteiger partial charge is 0.310 e. The Morgan fingerprint density at radius 3 is 2.70 bits per heavy atom. The molecule has 2 heterocycles. The summed E-state index contributed by atoms with van der Waals surface area (Å²) in [6, 6.07) is 17.9. The Labute approximate surface area is 179 Å². The molecule has 2 aromatic carbocycles. The molecule has 4 bridgehead atoms. The first-order chi connectivity index (χ1) is 14.5. The van der Waals surface area contributed by atoms with Crippen molar-refractivity contribution >= 4 is 5.97 Å². The predicted molar refractivity (Wildman–Crippen MR) is 116 cm³/mol. The molecule has 4 heteroatoms. The van der Waals surface area contributed by atoms with E-state index in [2.05, 4.69) is 60.4 Å². The van der Waals surface area contributed by atoms with E-state index < -0.39 is 0 Å². The lowest BCUT2D eigenvalue weighted by Gasteiger charge is -2.64. The maximum Gasteiger partial charge on any atom is 0.310 e. The fourth-order valence-electron chi connectivity index (χ4n) is 6.54. The van der Waals surface area contributed by atoms with Crippen LogP contribution in [-0.4, -0.2) is 36.7 Å². The van der Waals surface area contributed by atoms with Gasteiger partial charge in [0.2, 0.25) is 0 Å². The highest BCUT2D eigenvalue weighted by Crippen LogP contribution is 2.59. The van der Waals surface area contributed by atoms with Gasteiger partial charge in [0.05, 0.1) is 19.6 Å². The van der Waals surface area contributed by atoms with Crippen molar-refractivity contribution in [2.75, 3.05) is 13.7 Å². The SMILES string of the molecule is CCOC(=O)C1CC2C3Cc4ccc(OC)cc4C2(C)CC1N3Cc1ccccc1. The first-order valence-corrected chi connectivity index (χ1v) is 11.2. The van der Waals surface area contributed by atoms with Crippen molar-refractivity contribution in [2.24, 2.45) is 11.8 Å². The summed E-state index contributed by atoms with van der Waals surface area (Å²) in [6.45, 7) is 5.66. The number of rotatable bonds is 5. The van der Waals surface area contributed by atoms with Gasteiger partial charge in [0.15, 0.2) is 0 Å². The second-order valence-electron chi connectivity index (χ2n) is 9.34. The highest BCUT2D eigenvalue weighted by atomic mass is 16.5. The minimum atomic E-state index is -0.0323. The lowest BCUT2D eigenvalue weighted by Crippen LogP contribution is -2.69. The Balaban J connectivity index is 1.56. The zero-order valence-corrected chi connectivity index (χ0v) is 18.1. The van der Waals surface area contributed by atoms with E-state index >= 15 is 0 Å². The third-order valence-electron chi connectivity index (χ3n) is 7.90. The quantitative estimate of drug-likeness (QED) is 0.693.